The molecule has 8 heteroatoms. The molecule has 0 aromatic heterocycles. The molecule has 184 valence electrons. The van der Waals surface area contributed by atoms with Crippen molar-refractivity contribution in [3.05, 3.63) is 64.7 Å². The predicted molar refractivity (Wildman–Crippen MR) is 123 cm³/mol. The number of fused-ring (bicyclic) bond motifs is 2. The van der Waals surface area contributed by atoms with E-state index in [1.807, 2.05) is 12.1 Å². The molecule has 0 saturated carbocycles. The van der Waals surface area contributed by atoms with Gasteiger partial charge >= 0.3 is 11.9 Å². The van der Waals surface area contributed by atoms with E-state index in [4.69, 9.17) is 23.7 Å². The van der Waals surface area contributed by atoms with E-state index >= 15 is 0 Å². The van der Waals surface area contributed by atoms with Crippen molar-refractivity contribution in [1.29, 1.82) is 0 Å². The first-order valence-electron chi connectivity index (χ1n) is 11.8. The van der Waals surface area contributed by atoms with Gasteiger partial charge in [-0.15, -0.1) is 0 Å². The van der Waals surface area contributed by atoms with Crippen molar-refractivity contribution in [3.63, 3.8) is 0 Å². The van der Waals surface area contributed by atoms with Gasteiger partial charge in [0.15, 0.2) is 12.2 Å². The van der Waals surface area contributed by atoms with Gasteiger partial charge in [-0.2, -0.15) is 0 Å². The van der Waals surface area contributed by atoms with Crippen LogP contribution in [0.25, 0.3) is 0 Å². The third kappa shape index (κ3) is 3.09. The molecule has 1 aliphatic carbocycles. The Morgan fingerprint density at radius 3 is 2.17 bits per heavy atom. The van der Waals surface area contributed by atoms with Gasteiger partial charge in [0.05, 0.1) is 13.2 Å². The first-order valence-corrected chi connectivity index (χ1v) is 11.8. The molecule has 2 aliphatic heterocycles. The zero-order valence-corrected chi connectivity index (χ0v) is 20.4. The van der Waals surface area contributed by atoms with Crippen molar-refractivity contribution in [2.75, 3.05) is 13.2 Å². The zero-order valence-electron chi connectivity index (χ0n) is 20.4. The highest BCUT2D eigenvalue weighted by atomic mass is 16.8. The van der Waals surface area contributed by atoms with Gasteiger partial charge in [0.1, 0.15) is 5.75 Å². The fourth-order valence-corrected chi connectivity index (χ4v) is 5.09. The van der Waals surface area contributed by atoms with Crippen LogP contribution < -0.4 is 4.74 Å². The summed E-state index contributed by atoms with van der Waals surface area (Å²) < 4.78 is 29.6. The third-order valence-electron chi connectivity index (χ3n) is 6.70. The second-order valence-electron chi connectivity index (χ2n) is 9.82. The molecule has 0 amide bonds. The summed E-state index contributed by atoms with van der Waals surface area (Å²) in [6.07, 6.45) is -3.04. The maximum Gasteiger partial charge on any atom is 0.338 e. The molecule has 35 heavy (non-hydrogen) atoms. The van der Waals surface area contributed by atoms with E-state index in [9.17, 15) is 14.4 Å². The Hall–Kier alpha value is -3.23. The summed E-state index contributed by atoms with van der Waals surface area (Å²) in [5, 5.41) is 0. The topological polar surface area (TPSA) is 97.4 Å². The molecule has 4 atom stereocenters. The summed E-state index contributed by atoms with van der Waals surface area (Å²) >= 11 is 0. The molecule has 1 saturated heterocycles. The van der Waals surface area contributed by atoms with Gasteiger partial charge in [0.2, 0.25) is 11.4 Å². The molecule has 4 unspecified atom stereocenters. The maximum absolute atomic E-state index is 14.1. The molecule has 0 bridgehead atoms. The van der Waals surface area contributed by atoms with Gasteiger partial charge in [-0.25, -0.2) is 9.59 Å². The quantitative estimate of drug-likeness (QED) is 0.613. The summed E-state index contributed by atoms with van der Waals surface area (Å²) in [6, 6.07) is 12.4. The number of hydrogen-bond acceptors (Lipinski definition) is 8. The van der Waals surface area contributed by atoms with E-state index in [1.165, 1.54) is 0 Å². The first-order chi connectivity index (χ1) is 16.6. The van der Waals surface area contributed by atoms with Gasteiger partial charge in [0, 0.05) is 16.7 Å². The number of esters is 2. The van der Waals surface area contributed by atoms with Crippen LogP contribution in [0.2, 0.25) is 0 Å². The lowest BCUT2D eigenvalue weighted by Crippen LogP contribution is -2.65. The molecule has 5 rings (SSSR count). The summed E-state index contributed by atoms with van der Waals surface area (Å²) in [4.78, 5) is 40.1. The van der Waals surface area contributed by atoms with E-state index in [2.05, 4.69) is 20.8 Å². The Balaban J connectivity index is 1.76. The number of benzene rings is 2. The van der Waals surface area contributed by atoms with Gasteiger partial charge in [-0.1, -0.05) is 51.1 Å². The number of carbonyl (C=O) groups is 3. The number of ketones is 1. The number of carbonyl (C=O) groups excluding carboxylic acids is 3. The van der Waals surface area contributed by atoms with E-state index in [0.717, 1.165) is 5.56 Å². The number of Topliss-reactive ketones (excluding diaryl/α,β-unsaturated/α-hetero) is 1. The largest absolute Gasteiger partial charge is 0.464 e. The molecule has 8 nitrogen and oxygen atoms in total. The highest BCUT2D eigenvalue weighted by Gasteiger charge is 2.78. The average Bonchev–Trinajstić information content (AvgIpc) is 3.23. The molecular formula is C27H28O8. The highest BCUT2D eigenvalue weighted by molar-refractivity contribution is 6.10. The van der Waals surface area contributed by atoms with Crippen LogP contribution in [0.15, 0.2) is 42.5 Å². The lowest BCUT2D eigenvalue weighted by molar-refractivity contribution is -0.351. The minimum Gasteiger partial charge on any atom is -0.464 e. The molecule has 1 fully saturated rings. The number of hydrogen-bond donors (Lipinski definition) is 0. The monoisotopic (exact) mass is 480 g/mol. The van der Waals surface area contributed by atoms with Gasteiger partial charge < -0.3 is 23.7 Å². The van der Waals surface area contributed by atoms with Crippen molar-refractivity contribution < 1.29 is 38.1 Å². The SMILES string of the molecule is CCOC(=O)C1OC23Oc4ccc(C(C)(C)C)cc4C2(OC1C(=O)OCC)C(=O)c1ccccc13. The second-order valence-corrected chi connectivity index (χ2v) is 9.82. The molecular weight excluding hydrogens is 452 g/mol. The van der Waals surface area contributed by atoms with Crippen molar-refractivity contribution in [2.45, 2.75) is 63.6 Å². The summed E-state index contributed by atoms with van der Waals surface area (Å²) in [5.41, 5.74) is 0.0738. The molecule has 2 aromatic rings. The van der Waals surface area contributed by atoms with Crippen LogP contribution in [0.4, 0.5) is 0 Å². The second kappa shape index (κ2) is 7.90. The molecule has 3 aliphatic rings. The fraction of sp³-hybridized carbons (Fsp3) is 0.444. The van der Waals surface area contributed by atoms with E-state index in [-0.39, 0.29) is 18.6 Å². The molecule has 2 heterocycles. The Morgan fingerprint density at radius 2 is 1.54 bits per heavy atom. The van der Waals surface area contributed by atoms with Crippen LogP contribution in [-0.2, 0) is 45.3 Å². The fourth-order valence-electron chi connectivity index (χ4n) is 5.09. The molecule has 0 N–H and O–H groups in total. The summed E-state index contributed by atoms with van der Waals surface area (Å²) in [7, 11) is 0. The predicted octanol–water partition coefficient (Wildman–Crippen LogP) is 3.53. The van der Waals surface area contributed by atoms with Crippen LogP contribution in [0, 0.1) is 0 Å². The smallest absolute Gasteiger partial charge is 0.338 e. The highest BCUT2D eigenvalue weighted by Crippen LogP contribution is 2.65. The van der Waals surface area contributed by atoms with Crippen molar-refractivity contribution >= 4 is 17.7 Å². The van der Waals surface area contributed by atoms with Gasteiger partial charge in [0.25, 0.3) is 5.79 Å². The molecule has 2 aromatic carbocycles. The maximum atomic E-state index is 14.1. The van der Waals surface area contributed by atoms with Crippen molar-refractivity contribution in [1.82, 2.24) is 0 Å². The number of ether oxygens (including phenoxy) is 5. The van der Waals surface area contributed by atoms with E-state index < -0.39 is 41.3 Å². The van der Waals surface area contributed by atoms with E-state index in [1.54, 1.807) is 44.2 Å². The van der Waals surface area contributed by atoms with Crippen LogP contribution in [0.1, 0.15) is 61.7 Å². The average molecular weight is 481 g/mol. The minimum atomic E-state index is -1.84. The minimum absolute atomic E-state index is 0.0574. The van der Waals surface area contributed by atoms with Crippen LogP contribution >= 0.6 is 0 Å². The Kier molecular flexibility index (Phi) is 5.30. The Bertz CT molecular complexity index is 1230. The Labute approximate surface area is 203 Å². The number of rotatable bonds is 4. The van der Waals surface area contributed by atoms with Crippen LogP contribution in [-0.4, -0.2) is 43.1 Å². The van der Waals surface area contributed by atoms with Crippen LogP contribution in [0.3, 0.4) is 0 Å². The zero-order chi connectivity index (χ0) is 25.2. The normalized spacial score (nSPS) is 28.3. The molecule has 0 radical (unpaired) electrons. The lowest BCUT2D eigenvalue weighted by Gasteiger charge is -2.46. The molecule has 0 spiro atoms. The standard InChI is InChI=1S/C27H28O8/c1-6-31-23(29)20-21(24(30)32-7-2)35-27-17-11-9-8-10-16(17)22(28)26(27,34-20)18-14-15(25(3,4)5)12-13-19(18)33-27/h8-14,20-21H,6-7H2,1-5H3. The van der Waals surface area contributed by atoms with Crippen LogP contribution in [0.5, 0.6) is 5.75 Å². The van der Waals surface area contributed by atoms with Gasteiger partial charge in [-0.05, 0) is 37.0 Å². The third-order valence-corrected chi connectivity index (χ3v) is 6.70. The van der Waals surface area contributed by atoms with Crippen molar-refractivity contribution in [3.8, 4) is 5.75 Å². The summed E-state index contributed by atoms with van der Waals surface area (Å²) in [5.74, 6) is -3.46. The lowest BCUT2D eigenvalue weighted by atomic mass is 9.80. The van der Waals surface area contributed by atoms with Gasteiger partial charge in [-0.3, -0.25) is 4.79 Å². The van der Waals surface area contributed by atoms with E-state index in [0.29, 0.717) is 22.4 Å². The summed E-state index contributed by atoms with van der Waals surface area (Å²) in [6.45, 7) is 9.57. The van der Waals surface area contributed by atoms with Crippen molar-refractivity contribution in [2.24, 2.45) is 0 Å². The Morgan fingerprint density at radius 1 is 0.914 bits per heavy atom. The first kappa shape index (κ1) is 23.5.